The second-order valence-electron chi connectivity index (χ2n) is 9.70. The Morgan fingerprint density at radius 1 is 0.647 bits per heavy atom. The first kappa shape index (κ1) is 19.5. The van der Waals surface area contributed by atoms with Crippen LogP contribution in [-0.4, -0.2) is 11.8 Å². The summed E-state index contributed by atoms with van der Waals surface area (Å²) in [6, 6.07) is 34.5. The zero-order chi connectivity index (χ0) is 23.0. The molecular formula is C31H23NO2. The fourth-order valence-electron chi connectivity index (χ4n) is 6.88. The Bertz CT molecular complexity index is 1430. The highest BCUT2D eigenvalue weighted by Crippen LogP contribution is 2.67. The maximum Gasteiger partial charge on any atom is 0.246 e. The van der Waals surface area contributed by atoms with E-state index in [4.69, 9.17) is 0 Å². The van der Waals surface area contributed by atoms with Crippen molar-refractivity contribution in [3.05, 3.63) is 137 Å². The molecule has 2 atom stereocenters. The lowest BCUT2D eigenvalue weighted by atomic mass is 9.46. The molecule has 2 bridgehead atoms. The number of hydrogen-bond donors (Lipinski definition) is 0. The first-order chi connectivity index (χ1) is 16.6. The smallest absolute Gasteiger partial charge is 0.246 e. The number of imide groups is 1. The second-order valence-corrected chi connectivity index (χ2v) is 9.70. The summed E-state index contributed by atoms with van der Waals surface area (Å²) in [6.45, 7) is 2.01. The highest BCUT2D eigenvalue weighted by atomic mass is 16.2. The third-order valence-corrected chi connectivity index (χ3v) is 8.15. The van der Waals surface area contributed by atoms with E-state index in [1.165, 1.54) is 27.2 Å². The van der Waals surface area contributed by atoms with Gasteiger partial charge in [-0.1, -0.05) is 96.6 Å². The summed E-state index contributed by atoms with van der Waals surface area (Å²) in [5.74, 6) is -1.08. The van der Waals surface area contributed by atoms with E-state index in [1.54, 1.807) is 0 Å². The lowest BCUT2D eigenvalue weighted by molar-refractivity contribution is -0.124. The van der Waals surface area contributed by atoms with Gasteiger partial charge in [0.2, 0.25) is 11.8 Å². The zero-order valence-corrected chi connectivity index (χ0v) is 18.8. The van der Waals surface area contributed by atoms with E-state index >= 15 is 0 Å². The molecule has 164 valence electrons. The molecule has 3 heteroatoms. The fraction of sp³-hybridized carbons (Fsp3) is 0.161. The van der Waals surface area contributed by atoms with Crippen molar-refractivity contribution in [2.45, 2.75) is 24.2 Å². The molecule has 3 nitrogen and oxygen atoms in total. The van der Waals surface area contributed by atoms with Gasteiger partial charge < -0.3 is 0 Å². The Labute approximate surface area is 198 Å². The first-order valence-corrected chi connectivity index (χ1v) is 11.8. The maximum absolute atomic E-state index is 14.7. The number of rotatable bonds is 2. The minimum Gasteiger partial charge on any atom is -0.274 e. The van der Waals surface area contributed by atoms with Gasteiger partial charge in [0.05, 0.1) is 17.0 Å². The van der Waals surface area contributed by atoms with Gasteiger partial charge in [0.1, 0.15) is 0 Å². The molecule has 0 spiro atoms. The van der Waals surface area contributed by atoms with Crippen LogP contribution in [0.2, 0.25) is 0 Å². The van der Waals surface area contributed by atoms with Crippen LogP contribution in [0.15, 0.2) is 103 Å². The van der Waals surface area contributed by atoms with Crippen molar-refractivity contribution < 1.29 is 9.59 Å². The van der Waals surface area contributed by atoms with Crippen LogP contribution in [0.3, 0.4) is 0 Å². The topological polar surface area (TPSA) is 37.4 Å². The van der Waals surface area contributed by atoms with Crippen LogP contribution in [0.5, 0.6) is 0 Å². The van der Waals surface area contributed by atoms with Crippen molar-refractivity contribution >= 4 is 17.5 Å². The lowest BCUT2D eigenvalue weighted by Gasteiger charge is -2.53. The molecule has 1 saturated heterocycles. The molecule has 34 heavy (non-hydrogen) atoms. The minimum absolute atomic E-state index is 0.100. The molecule has 0 N–H and O–H groups in total. The van der Waals surface area contributed by atoms with Crippen molar-refractivity contribution in [1.29, 1.82) is 0 Å². The predicted octanol–water partition coefficient (Wildman–Crippen LogP) is 5.71. The van der Waals surface area contributed by atoms with Gasteiger partial charge in [-0.2, -0.15) is 0 Å². The molecule has 1 aliphatic heterocycles. The number of benzene rings is 4. The molecule has 3 aliphatic carbocycles. The van der Waals surface area contributed by atoms with Gasteiger partial charge in [-0.05, 0) is 46.9 Å². The molecule has 8 rings (SSSR count). The van der Waals surface area contributed by atoms with Gasteiger partial charge in [0, 0.05) is 11.8 Å². The minimum atomic E-state index is -0.976. The van der Waals surface area contributed by atoms with Gasteiger partial charge in [-0.25, -0.2) is 4.90 Å². The highest BCUT2D eigenvalue weighted by molar-refractivity contribution is 6.27. The molecule has 2 amide bonds. The molecule has 1 fully saturated rings. The average Bonchev–Trinajstić information content (AvgIpc) is 3.13. The number of carbonyl (C=O) groups is 2. The average molecular weight is 442 g/mol. The zero-order valence-electron chi connectivity index (χ0n) is 18.8. The van der Waals surface area contributed by atoms with E-state index in [0.29, 0.717) is 5.69 Å². The van der Waals surface area contributed by atoms with Crippen LogP contribution in [0.1, 0.15) is 45.2 Å². The van der Waals surface area contributed by atoms with Crippen molar-refractivity contribution in [3.63, 3.8) is 0 Å². The summed E-state index contributed by atoms with van der Waals surface area (Å²) < 4.78 is 0. The summed E-state index contributed by atoms with van der Waals surface area (Å²) in [6.07, 6.45) is 0. The summed E-state index contributed by atoms with van der Waals surface area (Å²) in [5, 5.41) is 0. The van der Waals surface area contributed by atoms with Crippen molar-refractivity contribution in [1.82, 2.24) is 0 Å². The number of aryl methyl sites for hydroxylation is 1. The third-order valence-electron chi connectivity index (χ3n) is 8.15. The van der Waals surface area contributed by atoms with Gasteiger partial charge >= 0.3 is 0 Å². The number of hydrogen-bond acceptors (Lipinski definition) is 2. The lowest BCUT2D eigenvalue weighted by Crippen LogP contribution is -2.54. The van der Waals surface area contributed by atoms with E-state index in [2.05, 4.69) is 36.4 Å². The van der Waals surface area contributed by atoms with E-state index < -0.39 is 11.3 Å². The van der Waals surface area contributed by atoms with Crippen molar-refractivity contribution in [3.8, 4) is 0 Å². The number of anilines is 1. The molecule has 4 aromatic carbocycles. The molecule has 1 heterocycles. The van der Waals surface area contributed by atoms with Crippen LogP contribution in [0, 0.1) is 12.8 Å². The molecule has 0 saturated carbocycles. The Hall–Kier alpha value is -3.98. The van der Waals surface area contributed by atoms with Crippen LogP contribution in [0.25, 0.3) is 0 Å². The Balaban J connectivity index is 1.58. The first-order valence-electron chi connectivity index (χ1n) is 11.8. The fourth-order valence-corrected chi connectivity index (χ4v) is 6.88. The number of carbonyl (C=O) groups excluding carboxylic acids is 2. The van der Waals surface area contributed by atoms with E-state index in [-0.39, 0.29) is 23.7 Å². The van der Waals surface area contributed by atoms with Gasteiger partial charge in [-0.15, -0.1) is 0 Å². The molecule has 0 radical (unpaired) electrons. The van der Waals surface area contributed by atoms with E-state index in [1.807, 2.05) is 73.7 Å². The molecule has 0 unspecified atom stereocenters. The molecular weight excluding hydrogens is 418 g/mol. The van der Waals surface area contributed by atoms with Crippen molar-refractivity contribution in [2.24, 2.45) is 5.92 Å². The Morgan fingerprint density at radius 3 is 1.76 bits per heavy atom. The summed E-state index contributed by atoms with van der Waals surface area (Å²) in [5.41, 5.74) is 6.37. The molecule has 4 aromatic rings. The number of nitrogens with zero attached hydrogens (tertiary/aromatic N) is 1. The van der Waals surface area contributed by atoms with Crippen LogP contribution in [0.4, 0.5) is 5.69 Å². The molecule has 4 aliphatic rings. The summed E-state index contributed by atoms with van der Waals surface area (Å²) in [4.78, 5) is 30.5. The standard InChI is InChI=1S/C31H23NO2/c1-19-15-17-21(18-16-19)32-29(33)28-26-22-11-5-7-13-24(22)27(25-14-8-6-12-23(25)26)31(28,30(32)34)20-9-3-2-4-10-20/h2-18,26-28H,1H3/t26?,27?,28-,31-/m1/s1. The van der Waals surface area contributed by atoms with Crippen LogP contribution >= 0.6 is 0 Å². The Kier molecular flexibility index (Phi) is 3.88. The largest absolute Gasteiger partial charge is 0.274 e. The van der Waals surface area contributed by atoms with Gasteiger partial charge in [-0.3, -0.25) is 9.59 Å². The van der Waals surface area contributed by atoms with E-state index in [9.17, 15) is 9.59 Å². The monoisotopic (exact) mass is 441 g/mol. The van der Waals surface area contributed by atoms with Crippen LogP contribution < -0.4 is 4.90 Å². The number of amides is 2. The highest BCUT2D eigenvalue weighted by Gasteiger charge is 2.71. The molecule has 0 aromatic heterocycles. The second kappa shape index (κ2) is 6.77. The summed E-state index contributed by atoms with van der Waals surface area (Å²) in [7, 11) is 0. The normalized spacial score (nSPS) is 26.3. The van der Waals surface area contributed by atoms with Gasteiger partial charge in [0.15, 0.2) is 0 Å². The van der Waals surface area contributed by atoms with Gasteiger partial charge in [0.25, 0.3) is 0 Å². The van der Waals surface area contributed by atoms with Crippen molar-refractivity contribution in [2.75, 3.05) is 4.90 Å². The van der Waals surface area contributed by atoms with Crippen LogP contribution in [-0.2, 0) is 15.0 Å². The maximum atomic E-state index is 14.7. The SMILES string of the molecule is Cc1ccc(N2C(=O)[C@H]3C4c5ccccc5C(c5ccccc54)[C@@]3(c3ccccc3)C2=O)cc1. The summed E-state index contributed by atoms with van der Waals surface area (Å²) >= 11 is 0. The Morgan fingerprint density at radius 2 is 1.18 bits per heavy atom. The quantitative estimate of drug-likeness (QED) is 0.374. The predicted molar refractivity (Wildman–Crippen MR) is 132 cm³/mol. The van der Waals surface area contributed by atoms with E-state index in [0.717, 1.165) is 11.1 Å². The third kappa shape index (κ3) is 2.22.